The summed E-state index contributed by atoms with van der Waals surface area (Å²) in [5.74, 6) is 0. The zero-order valence-electron chi connectivity index (χ0n) is 11.0. The lowest BCUT2D eigenvalue weighted by molar-refractivity contribution is -0.140. The van der Waals surface area contributed by atoms with E-state index in [0.29, 0.717) is 10.6 Å². The minimum Gasteiger partial charge on any atom is -0.231 e. The molecule has 1 N–H and O–H groups in total. The molecule has 0 radical (unpaired) electrons. The third-order valence-corrected chi connectivity index (χ3v) is 4.22. The third kappa shape index (κ3) is 2.91. The predicted octanol–water partition coefficient (Wildman–Crippen LogP) is 4.14. The van der Waals surface area contributed by atoms with E-state index in [1.54, 1.807) is 30.3 Å². The van der Waals surface area contributed by atoms with Gasteiger partial charge in [0.15, 0.2) is 11.4 Å². The Morgan fingerprint density at radius 3 is 2.48 bits per heavy atom. The van der Waals surface area contributed by atoms with Gasteiger partial charge in [-0.1, -0.05) is 23.7 Å². The summed E-state index contributed by atoms with van der Waals surface area (Å²) < 4.78 is 39.8. The van der Waals surface area contributed by atoms with Crippen LogP contribution in [0.15, 0.2) is 24.3 Å². The standard InChI is InChI=1S/C13H5ClF3N5S/c14-7-3-1-6(2-4-7)12-19-11(13(15,16)17)10(23-12)9-8(5-18)20-22-21-9/h1-4H,(H,20,21,22). The number of H-pyrrole nitrogens is 1. The van der Waals surface area contributed by atoms with Gasteiger partial charge in [-0.15, -0.1) is 16.4 Å². The summed E-state index contributed by atoms with van der Waals surface area (Å²) >= 11 is 6.56. The number of thiazole rings is 1. The van der Waals surface area contributed by atoms with E-state index in [0.717, 1.165) is 11.3 Å². The number of aromatic amines is 1. The van der Waals surface area contributed by atoms with Crippen LogP contribution < -0.4 is 0 Å². The number of hydrogen-bond acceptors (Lipinski definition) is 5. The van der Waals surface area contributed by atoms with E-state index in [4.69, 9.17) is 16.9 Å². The van der Waals surface area contributed by atoms with Crippen molar-refractivity contribution in [3.63, 3.8) is 0 Å². The van der Waals surface area contributed by atoms with E-state index in [1.165, 1.54) is 0 Å². The van der Waals surface area contributed by atoms with Crippen molar-refractivity contribution in [1.82, 2.24) is 20.4 Å². The SMILES string of the molecule is N#Cc1n[nH]nc1-c1sc(-c2ccc(Cl)cc2)nc1C(F)(F)F. The van der Waals surface area contributed by atoms with Crippen molar-refractivity contribution in [2.24, 2.45) is 0 Å². The van der Waals surface area contributed by atoms with Crippen LogP contribution in [0.5, 0.6) is 0 Å². The monoisotopic (exact) mass is 355 g/mol. The van der Waals surface area contributed by atoms with Gasteiger partial charge < -0.3 is 0 Å². The molecule has 0 atom stereocenters. The van der Waals surface area contributed by atoms with Crippen molar-refractivity contribution >= 4 is 22.9 Å². The number of halogens is 4. The Balaban J connectivity index is 2.19. The van der Waals surface area contributed by atoms with Crippen LogP contribution in [0.3, 0.4) is 0 Å². The normalized spacial score (nSPS) is 11.4. The summed E-state index contributed by atoms with van der Waals surface area (Å²) in [5.41, 5.74) is -1.00. The molecule has 2 aromatic heterocycles. The highest BCUT2D eigenvalue weighted by Crippen LogP contribution is 2.43. The highest BCUT2D eigenvalue weighted by Gasteiger charge is 2.39. The molecule has 0 saturated carbocycles. The number of hydrogen-bond donors (Lipinski definition) is 1. The molecule has 0 fully saturated rings. The van der Waals surface area contributed by atoms with Gasteiger partial charge in [-0.3, -0.25) is 0 Å². The molecular weight excluding hydrogens is 351 g/mol. The summed E-state index contributed by atoms with van der Waals surface area (Å²) in [6, 6.07) is 7.95. The number of alkyl halides is 3. The lowest BCUT2D eigenvalue weighted by Gasteiger charge is -2.03. The largest absolute Gasteiger partial charge is 0.434 e. The molecule has 5 nitrogen and oxygen atoms in total. The number of nitrogens with zero attached hydrogens (tertiary/aromatic N) is 4. The molecule has 0 bridgehead atoms. The summed E-state index contributed by atoms with van der Waals surface area (Å²) in [7, 11) is 0. The Morgan fingerprint density at radius 2 is 1.87 bits per heavy atom. The van der Waals surface area contributed by atoms with Gasteiger partial charge in [0.1, 0.15) is 16.8 Å². The number of rotatable bonds is 2. The van der Waals surface area contributed by atoms with Crippen LogP contribution in [-0.4, -0.2) is 20.4 Å². The number of benzene rings is 1. The molecule has 10 heteroatoms. The topological polar surface area (TPSA) is 78.2 Å². The molecule has 0 aliphatic heterocycles. The predicted molar refractivity (Wildman–Crippen MR) is 77.7 cm³/mol. The van der Waals surface area contributed by atoms with Gasteiger partial charge in [-0.25, -0.2) is 4.98 Å². The molecule has 3 aromatic rings. The van der Waals surface area contributed by atoms with Crippen LogP contribution in [0.25, 0.3) is 21.1 Å². The van der Waals surface area contributed by atoms with Crippen LogP contribution in [0.4, 0.5) is 13.2 Å². The van der Waals surface area contributed by atoms with Gasteiger partial charge in [-0.2, -0.15) is 28.7 Å². The van der Waals surface area contributed by atoms with Crippen LogP contribution in [-0.2, 0) is 6.18 Å². The molecular formula is C13H5ClF3N5S. The summed E-state index contributed by atoms with van der Waals surface area (Å²) in [5, 5.41) is 18.9. The van der Waals surface area contributed by atoms with Gasteiger partial charge in [0.2, 0.25) is 0 Å². The second kappa shape index (κ2) is 5.64. The van der Waals surface area contributed by atoms with Gasteiger partial charge >= 0.3 is 6.18 Å². The van der Waals surface area contributed by atoms with E-state index in [-0.39, 0.29) is 21.3 Å². The van der Waals surface area contributed by atoms with Crippen LogP contribution in [0.1, 0.15) is 11.4 Å². The van der Waals surface area contributed by atoms with Gasteiger partial charge in [0.05, 0.1) is 4.88 Å². The minimum atomic E-state index is -4.68. The van der Waals surface area contributed by atoms with E-state index in [1.807, 2.05) is 0 Å². The molecule has 0 amide bonds. The first-order chi connectivity index (χ1) is 10.9. The maximum Gasteiger partial charge on any atom is 0.434 e. The van der Waals surface area contributed by atoms with E-state index < -0.39 is 11.9 Å². The van der Waals surface area contributed by atoms with E-state index in [9.17, 15) is 13.2 Å². The van der Waals surface area contributed by atoms with Crippen molar-refractivity contribution < 1.29 is 13.2 Å². The minimum absolute atomic E-state index is 0.149. The Morgan fingerprint density at radius 1 is 1.17 bits per heavy atom. The highest BCUT2D eigenvalue weighted by molar-refractivity contribution is 7.18. The fourth-order valence-electron chi connectivity index (χ4n) is 1.86. The summed E-state index contributed by atoms with van der Waals surface area (Å²) in [6.45, 7) is 0. The van der Waals surface area contributed by atoms with Gasteiger partial charge in [0, 0.05) is 10.6 Å². The Hall–Kier alpha value is -2.44. The molecule has 1 aromatic carbocycles. The molecule has 0 aliphatic carbocycles. The Labute approximate surface area is 136 Å². The summed E-state index contributed by atoms with van der Waals surface area (Å²) in [6.07, 6.45) is -4.68. The molecule has 0 spiro atoms. The molecule has 116 valence electrons. The second-order valence-corrected chi connectivity index (χ2v) is 5.77. The van der Waals surface area contributed by atoms with Crippen molar-refractivity contribution in [2.75, 3.05) is 0 Å². The average molecular weight is 356 g/mol. The van der Waals surface area contributed by atoms with Crippen LogP contribution in [0, 0.1) is 11.3 Å². The maximum atomic E-state index is 13.3. The average Bonchev–Trinajstić information content (AvgIpc) is 3.13. The van der Waals surface area contributed by atoms with Crippen molar-refractivity contribution in [3.05, 3.63) is 40.7 Å². The quantitative estimate of drug-likeness (QED) is 0.749. The zero-order valence-corrected chi connectivity index (χ0v) is 12.6. The molecule has 0 saturated heterocycles. The first-order valence-corrected chi connectivity index (χ1v) is 7.25. The van der Waals surface area contributed by atoms with Crippen molar-refractivity contribution in [3.8, 4) is 27.2 Å². The number of nitrogens with one attached hydrogen (secondary N) is 1. The summed E-state index contributed by atoms with van der Waals surface area (Å²) in [4.78, 5) is 3.42. The molecule has 2 heterocycles. The maximum absolute atomic E-state index is 13.3. The van der Waals surface area contributed by atoms with E-state index >= 15 is 0 Å². The molecule has 0 aliphatic rings. The fourth-order valence-corrected chi connectivity index (χ4v) is 3.06. The van der Waals surface area contributed by atoms with Gasteiger partial charge in [-0.05, 0) is 12.1 Å². The lowest BCUT2D eigenvalue weighted by Crippen LogP contribution is -2.07. The highest BCUT2D eigenvalue weighted by atomic mass is 35.5. The molecule has 3 rings (SSSR count). The first kappa shape index (κ1) is 15.5. The smallest absolute Gasteiger partial charge is 0.231 e. The number of aromatic nitrogens is 4. The van der Waals surface area contributed by atoms with Crippen molar-refractivity contribution in [2.45, 2.75) is 6.18 Å². The second-order valence-electron chi connectivity index (χ2n) is 4.33. The van der Waals surface area contributed by atoms with Crippen LogP contribution >= 0.6 is 22.9 Å². The molecule has 0 unspecified atom stereocenters. The Kier molecular flexibility index (Phi) is 3.79. The van der Waals surface area contributed by atoms with Gasteiger partial charge in [0.25, 0.3) is 0 Å². The lowest BCUT2D eigenvalue weighted by atomic mass is 10.2. The third-order valence-electron chi connectivity index (χ3n) is 2.86. The van der Waals surface area contributed by atoms with Crippen LogP contribution in [0.2, 0.25) is 5.02 Å². The fraction of sp³-hybridized carbons (Fsp3) is 0.0769. The first-order valence-electron chi connectivity index (χ1n) is 6.05. The Bertz CT molecular complexity index is 892. The molecule has 23 heavy (non-hydrogen) atoms. The van der Waals surface area contributed by atoms with Crippen molar-refractivity contribution in [1.29, 1.82) is 5.26 Å². The zero-order chi connectivity index (χ0) is 16.6. The number of nitriles is 1. The van der Waals surface area contributed by atoms with E-state index in [2.05, 4.69) is 20.4 Å².